The summed E-state index contributed by atoms with van der Waals surface area (Å²) in [6.07, 6.45) is 12.5. The summed E-state index contributed by atoms with van der Waals surface area (Å²) in [6.45, 7) is 5.95. The molecule has 1 aromatic carbocycles. The molecule has 1 atom stereocenters. The Bertz CT molecular complexity index is 510. The lowest BCUT2D eigenvalue weighted by Gasteiger charge is -2.43. The minimum absolute atomic E-state index is 0.305. The second kappa shape index (κ2) is 10.1. The highest BCUT2D eigenvalue weighted by Crippen LogP contribution is 2.26. The van der Waals surface area contributed by atoms with Crippen LogP contribution in [0.4, 0.5) is 0 Å². The smallest absolute Gasteiger partial charge is 0.0446 e. The largest absolute Gasteiger partial charge is 0.396 e. The van der Waals surface area contributed by atoms with Gasteiger partial charge in [-0.25, -0.2) is 0 Å². The van der Waals surface area contributed by atoms with Crippen molar-refractivity contribution in [2.24, 2.45) is 5.92 Å². The highest BCUT2D eigenvalue weighted by atomic mass is 16.3. The summed E-state index contributed by atoms with van der Waals surface area (Å²) in [5.74, 6) is 0.888. The molecule has 0 unspecified atom stereocenters. The molecule has 0 aromatic heterocycles. The summed E-state index contributed by atoms with van der Waals surface area (Å²) >= 11 is 0. The van der Waals surface area contributed by atoms with E-state index < -0.39 is 0 Å². The first-order chi connectivity index (χ1) is 12.3. The Balaban J connectivity index is 1.49. The fraction of sp³-hybridized carbons (Fsp3) is 0.636. The standard InChI is InChI=1S/C22H34N2O/c25-17-13-22-19-23(14-7-12-20-8-3-1-4-9-20)15-16-24(22)18-21-10-5-2-6-11-21/h1,3-4,7-9,12,21-22,25H,2,5-6,10-11,13-19H2/b12-7+/t22-/m1/s1. The van der Waals surface area contributed by atoms with Gasteiger partial charge in [0.25, 0.3) is 0 Å². The predicted octanol–water partition coefficient (Wildman–Crippen LogP) is 3.65. The van der Waals surface area contributed by atoms with Crippen molar-refractivity contribution in [2.45, 2.75) is 44.6 Å². The van der Waals surface area contributed by atoms with Crippen LogP contribution in [-0.4, -0.2) is 60.3 Å². The normalized spacial score (nSPS) is 24.1. The molecule has 2 aliphatic rings. The number of aliphatic hydroxyl groups excluding tert-OH is 1. The van der Waals surface area contributed by atoms with Gasteiger partial charge in [-0.2, -0.15) is 0 Å². The molecule has 3 heteroatoms. The Morgan fingerprint density at radius 1 is 1.04 bits per heavy atom. The van der Waals surface area contributed by atoms with Crippen molar-refractivity contribution in [3.8, 4) is 0 Å². The molecular formula is C22H34N2O. The lowest BCUT2D eigenvalue weighted by atomic mass is 9.88. The molecule has 1 aliphatic heterocycles. The minimum Gasteiger partial charge on any atom is -0.396 e. The van der Waals surface area contributed by atoms with Crippen LogP contribution >= 0.6 is 0 Å². The van der Waals surface area contributed by atoms with E-state index in [9.17, 15) is 5.11 Å². The molecule has 138 valence electrons. The third kappa shape index (κ3) is 5.95. The van der Waals surface area contributed by atoms with Gasteiger partial charge in [-0.3, -0.25) is 9.80 Å². The summed E-state index contributed by atoms with van der Waals surface area (Å²) < 4.78 is 0. The molecule has 1 saturated carbocycles. The number of piperazine rings is 1. The molecule has 0 bridgehead atoms. The lowest BCUT2D eigenvalue weighted by Crippen LogP contribution is -2.54. The molecule has 1 heterocycles. The van der Waals surface area contributed by atoms with Crippen LogP contribution in [-0.2, 0) is 0 Å². The van der Waals surface area contributed by atoms with Crippen LogP contribution in [0.2, 0.25) is 0 Å². The van der Waals surface area contributed by atoms with Crippen molar-refractivity contribution >= 4 is 6.08 Å². The van der Waals surface area contributed by atoms with Crippen LogP contribution < -0.4 is 0 Å². The third-order valence-electron chi connectivity index (χ3n) is 5.84. The number of hydrogen-bond acceptors (Lipinski definition) is 3. The molecule has 1 saturated heterocycles. The van der Waals surface area contributed by atoms with Crippen LogP contribution in [0.3, 0.4) is 0 Å². The Morgan fingerprint density at radius 2 is 1.84 bits per heavy atom. The first kappa shape index (κ1) is 18.6. The van der Waals surface area contributed by atoms with Gasteiger partial charge in [0.15, 0.2) is 0 Å². The van der Waals surface area contributed by atoms with Crippen LogP contribution in [0.5, 0.6) is 0 Å². The van der Waals surface area contributed by atoms with Gasteiger partial charge in [0.1, 0.15) is 0 Å². The fourth-order valence-electron chi connectivity index (χ4n) is 4.39. The van der Waals surface area contributed by atoms with E-state index >= 15 is 0 Å². The molecule has 0 radical (unpaired) electrons. The highest BCUT2D eigenvalue weighted by Gasteiger charge is 2.28. The molecule has 3 rings (SSSR count). The van der Waals surface area contributed by atoms with Crippen LogP contribution in [0.15, 0.2) is 36.4 Å². The quantitative estimate of drug-likeness (QED) is 0.819. The molecule has 1 N–H and O–H groups in total. The molecule has 25 heavy (non-hydrogen) atoms. The van der Waals surface area contributed by atoms with Crippen LogP contribution in [0.25, 0.3) is 6.08 Å². The van der Waals surface area contributed by atoms with E-state index in [1.54, 1.807) is 0 Å². The molecule has 2 fully saturated rings. The second-order valence-electron chi connectivity index (χ2n) is 7.74. The van der Waals surface area contributed by atoms with Gasteiger partial charge in [-0.05, 0) is 30.7 Å². The molecular weight excluding hydrogens is 308 g/mol. The van der Waals surface area contributed by atoms with Gasteiger partial charge in [0, 0.05) is 45.4 Å². The number of rotatable bonds is 7. The zero-order chi connectivity index (χ0) is 17.3. The number of nitrogens with zero attached hydrogens (tertiary/aromatic N) is 2. The monoisotopic (exact) mass is 342 g/mol. The predicted molar refractivity (Wildman–Crippen MR) is 106 cm³/mol. The average Bonchev–Trinajstić information content (AvgIpc) is 2.66. The minimum atomic E-state index is 0.305. The molecule has 3 nitrogen and oxygen atoms in total. The summed E-state index contributed by atoms with van der Waals surface area (Å²) in [6, 6.07) is 11.0. The maximum atomic E-state index is 9.49. The fourth-order valence-corrected chi connectivity index (χ4v) is 4.39. The van der Waals surface area contributed by atoms with Gasteiger partial charge in [-0.15, -0.1) is 0 Å². The zero-order valence-electron chi connectivity index (χ0n) is 15.5. The van der Waals surface area contributed by atoms with Gasteiger partial charge in [0.2, 0.25) is 0 Å². The number of hydrogen-bond donors (Lipinski definition) is 1. The summed E-state index contributed by atoms with van der Waals surface area (Å²) in [4.78, 5) is 5.21. The Morgan fingerprint density at radius 3 is 2.60 bits per heavy atom. The van der Waals surface area contributed by atoms with E-state index in [-0.39, 0.29) is 0 Å². The van der Waals surface area contributed by atoms with E-state index in [0.717, 1.165) is 38.5 Å². The zero-order valence-corrected chi connectivity index (χ0v) is 15.5. The van der Waals surface area contributed by atoms with Gasteiger partial charge < -0.3 is 5.11 Å². The maximum Gasteiger partial charge on any atom is 0.0446 e. The van der Waals surface area contributed by atoms with Crippen molar-refractivity contribution in [2.75, 3.05) is 39.3 Å². The molecule has 0 amide bonds. The summed E-state index contributed by atoms with van der Waals surface area (Å²) in [7, 11) is 0. The number of aliphatic hydroxyl groups is 1. The van der Waals surface area contributed by atoms with Crippen molar-refractivity contribution in [3.05, 3.63) is 42.0 Å². The third-order valence-corrected chi connectivity index (χ3v) is 5.84. The van der Waals surface area contributed by atoms with Gasteiger partial charge in [-0.1, -0.05) is 61.7 Å². The Kier molecular flexibility index (Phi) is 7.53. The van der Waals surface area contributed by atoms with Crippen molar-refractivity contribution in [1.29, 1.82) is 0 Å². The van der Waals surface area contributed by atoms with Gasteiger partial charge in [0.05, 0.1) is 0 Å². The van der Waals surface area contributed by atoms with E-state index in [1.165, 1.54) is 44.2 Å². The van der Waals surface area contributed by atoms with E-state index in [2.05, 4.69) is 52.3 Å². The second-order valence-corrected chi connectivity index (χ2v) is 7.74. The topological polar surface area (TPSA) is 26.7 Å². The summed E-state index contributed by atoms with van der Waals surface area (Å²) in [5, 5.41) is 9.49. The van der Waals surface area contributed by atoms with E-state index in [1.807, 2.05) is 0 Å². The molecule has 1 aromatic rings. The highest BCUT2D eigenvalue weighted by molar-refractivity contribution is 5.48. The number of benzene rings is 1. The summed E-state index contributed by atoms with van der Waals surface area (Å²) in [5.41, 5.74) is 1.27. The Labute approximate surface area is 153 Å². The van der Waals surface area contributed by atoms with Gasteiger partial charge >= 0.3 is 0 Å². The van der Waals surface area contributed by atoms with E-state index in [0.29, 0.717) is 12.6 Å². The van der Waals surface area contributed by atoms with E-state index in [4.69, 9.17) is 0 Å². The molecule has 1 aliphatic carbocycles. The molecule has 0 spiro atoms. The van der Waals surface area contributed by atoms with Crippen molar-refractivity contribution in [3.63, 3.8) is 0 Å². The van der Waals surface area contributed by atoms with Crippen molar-refractivity contribution < 1.29 is 5.11 Å². The first-order valence-electron chi connectivity index (χ1n) is 10.1. The van der Waals surface area contributed by atoms with Crippen LogP contribution in [0.1, 0.15) is 44.1 Å². The van der Waals surface area contributed by atoms with Crippen LogP contribution in [0, 0.1) is 5.92 Å². The average molecular weight is 343 g/mol. The van der Waals surface area contributed by atoms with Crippen molar-refractivity contribution in [1.82, 2.24) is 9.80 Å². The lowest BCUT2D eigenvalue weighted by molar-refractivity contribution is 0.0485. The Hall–Kier alpha value is -1.16. The first-order valence-corrected chi connectivity index (χ1v) is 10.1. The SMILES string of the molecule is OCC[C@@H]1CN(C/C=C/c2ccccc2)CCN1CC1CCCCC1. The maximum absolute atomic E-state index is 9.49.